The first-order chi connectivity index (χ1) is 9.63. The van der Waals surface area contributed by atoms with Crippen LogP contribution in [0.25, 0.3) is 0 Å². The molecule has 1 aromatic rings. The third-order valence-electron chi connectivity index (χ3n) is 4.38. The fraction of sp³-hybridized carbons (Fsp3) is 0.647. The zero-order valence-corrected chi connectivity index (χ0v) is 13.0. The molecule has 0 bridgehead atoms. The van der Waals surface area contributed by atoms with Crippen LogP contribution in [0.4, 0.5) is 4.39 Å². The summed E-state index contributed by atoms with van der Waals surface area (Å²) in [5, 5.41) is 3.41. The van der Waals surface area contributed by atoms with E-state index in [0.29, 0.717) is 12.0 Å². The Kier molecular flexibility index (Phi) is 5.55. The number of rotatable bonds is 5. The molecule has 112 valence electrons. The van der Waals surface area contributed by atoms with E-state index < -0.39 is 0 Å². The minimum Gasteiger partial charge on any atom is -0.314 e. The van der Waals surface area contributed by atoms with Gasteiger partial charge in [0.15, 0.2) is 0 Å². The van der Waals surface area contributed by atoms with Gasteiger partial charge in [0.25, 0.3) is 0 Å². The van der Waals surface area contributed by atoms with Crippen molar-refractivity contribution in [2.75, 3.05) is 26.2 Å². The van der Waals surface area contributed by atoms with Gasteiger partial charge in [-0.1, -0.05) is 26.3 Å². The van der Waals surface area contributed by atoms with Gasteiger partial charge in [0.05, 0.1) is 0 Å². The Morgan fingerprint density at radius 1 is 1.30 bits per heavy atom. The van der Waals surface area contributed by atoms with Gasteiger partial charge in [0.1, 0.15) is 5.82 Å². The van der Waals surface area contributed by atoms with Crippen molar-refractivity contribution >= 4 is 0 Å². The minimum atomic E-state index is -0.131. The van der Waals surface area contributed by atoms with Crippen molar-refractivity contribution in [3.63, 3.8) is 0 Å². The van der Waals surface area contributed by atoms with Gasteiger partial charge in [-0.05, 0) is 42.5 Å². The van der Waals surface area contributed by atoms with Gasteiger partial charge < -0.3 is 5.32 Å². The Morgan fingerprint density at radius 2 is 2.00 bits per heavy atom. The van der Waals surface area contributed by atoms with Crippen molar-refractivity contribution < 1.29 is 4.39 Å². The van der Waals surface area contributed by atoms with Gasteiger partial charge in [0, 0.05) is 32.2 Å². The fourth-order valence-electron chi connectivity index (χ4n) is 3.41. The highest BCUT2D eigenvalue weighted by atomic mass is 19.1. The molecule has 3 heteroatoms. The zero-order chi connectivity index (χ0) is 14.5. The van der Waals surface area contributed by atoms with E-state index in [-0.39, 0.29) is 5.82 Å². The Bertz CT molecular complexity index is 427. The first-order valence-electron chi connectivity index (χ1n) is 7.84. The summed E-state index contributed by atoms with van der Waals surface area (Å²) < 4.78 is 13.4. The molecule has 1 aliphatic rings. The molecule has 20 heavy (non-hydrogen) atoms. The van der Waals surface area contributed by atoms with E-state index in [9.17, 15) is 4.39 Å². The van der Waals surface area contributed by atoms with Crippen LogP contribution in [-0.4, -0.2) is 31.1 Å². The van der Waals surface area contributed by atoms with Crippen LogP contribution in [0.5, 0.6) is 0 Å². The molecule has 1 N–H and O–H groups in total. The number of hydrogen-bond acceptors (Lipinski definition) is 2. The average Bonchev–Trinajstić information content (AvgIpc) is 2.43. The molecule has 0 amide bonds. The molecule has 1 unspecified atom stereocenters. The van der Waals surface area contributed by atoms with E-state index >= 15 is 0 Å². The maximum absolute atomic E-state index is 13.4. The van der Waals surface area contributed by atoms with Crippen LogP contribution < -0.4 is 5.32 Å². The number of hydrogen-bond donors (Lipinski definition) is 1. The normalized spacial score (nSPS) is 19.8. The Labute approximate surface area is 122 Å². The second kappa shape index (κ2) is 7.19. The molecule has 1 fully saturated rings. The third-order valence-corrected chi connectivity index (χ3v) is 4.38. The van der Waals surface area contributed by atoms with Crippen molar-refractivity contribution in [2.45, 2.75) is 39.7 Å². The molecule has 1 aliphatic heterocycles. The summed E-state index contributed by atoms with van der Waals surface area (Å²) in [6, 6.07) is 5.68. The minimum absolute atomic E-state index is 0.131. The van der Waals surface area contributed by atoms with Crippen molar-refractivity contribution in [1.29, 1.82) is 0 Å². The lowest BCUT2D eigenvalue weighted by atomic mass is 9.87. The molecule has 2 nitrogen and oxygen atoms in total. The zero-order valence-electron chi connectivity index (χ0n) is 13.0. The SMILES string of the molecule is CCCC(C)[C@@H](c1ccc(F)cc1C)N1CCNCC1. The molecule has 0 saturated carbocycles. The van der Waals surface area contributed by atoms with Crippen molar-refractivity contribution in [2.24, 2.45) is 5.92 Å². The number of nitrogens with zero attached hydrogens (tertiary/aromatic N) is 1. The van der Waals surface area contributed by atoms with E-state index in [1.54, 1.807) is 12.1 Å². The average molecular weight is 278 g/mol. The molecule has 2 rings (SSSR count). The summed E-state index contributed by atoms with van der Waals surface area (Å²) in [5.41, 5.74) is 2.38. The van der Waals surface area contributed by atoms with Crippen LogP contribution in [0.2, 0.25) is 0 Å². The maximum Gasteiger partial charge on any atom is 0.123 e. The monoisotopic (exact) mass is 278 g/mol. The van der Waals surface area contributed by atoms with E-state index in [2.05, 4.69) is 24.1 Å². The van der Waals surface area contributed by atoms with Gasteiger partial charge in [0.2, 0.25) is 0 Å². The largest absolute Gasteiger partial charge is 0.314 e. The summed E-state index contributed by atoms with van der Waals surface area (Å²) in [7, 11) is 0. The van der Waals surface area contributed by atoms with Crippen molar-refractivity contribution in [3.05, 3.63) is 35.1 Å². The molecule has 1 saturated heterocycles. The van der Waals surface area contributed by atoms with E-state index in [1.165, 1.54) is 18.4 Å². The summed E-state index contributed by atoms with van der Waals surface area (Å²) >= 11 is 0. The number of halogens is 1. The highest BCUT2D eigenvalue weighted by molar-refractivity contribution is 5.30. The van der Waals surface area contributed by atoms with E-state index in [1.807, 2.05) is 13.0 Å². The molecule has 1 aromatic carbocycles. The second-order valence-electron chi connectivity index (χ2n) is 6.00. The number of piperazine rings is 1. The first-order valence-corrected chi connectivity index (χ1v) is 7.84. The molecular weight excluding hydrogens is 251 g/mol. The van der Waals surface area contributed by atoms with Crippen LogP contribution >= 0.6 is 0 Å². The van der Waals surface area contributed by atoms with E-state index in [4.69, 9.17) is 0 Å². The molecule has 0 aromatic heterocycles. The standard InChI is InChI=1S/C17H27FN2/c1-4-5-13(2)17(20-10-8-19-9-11-20)16-7-6-15(18)12-14(16)3/h6-7,12-13,17,19H,4-5,8-11H2,1-3H3/t13?,17-/m0/s1. The molecule has 0 aliphatic carbocycles. The quantitative estimate of drug-likeness (QED) is 0.886. The molecule has 2 atom stereocenters. The number of benzene rings is 1. The van der Waals surface area contributed by atoms with Crippen molar-refractivity contribution in [3.8, 4) is 0 Å². The predicted octanol–water partition coefficient (Wildman–Crippen LogP) is 3.52. The lowest BCUT2D eigenvalue weighted by molar-refractivity contribution is 0.125. The second-order valence-corrected chi connectivity index (χ2v) is 6.00. The van der Waals surface area contributed by atoms with Crippen LogP contribution in [0.3, 0.4) is 0 Å². The Balaban J connectivity index is 2.28. The molecule has 0 radical (unpaired) electrons. The van der Waals surface area contributed by atoms with Gasteiger partial charge in [-0.2, -0.15) is 0 Å². The fourth-order valence-corrected chi connectivity index (χ4v) is 3.41. The van der Waals surface area contributed by atoms with Crippen LogP contribution in [0.15, 0.2) is 18.2 Å². The first kappa shape index (κ1) is 15.5. The summed E-state index contributed by atoms with van der Waals surface area (Å²) in [6.45, 7) is 10.9. The van der Waals surface area contributed by atoms with Crippen molar-refractivity contribution in [1.82, 2.24) is 10.2 Å². The number of nitrogens with one attached hydrogen (secondary N) is 1. The lowest BCUT2D eigenvalue weighted by Crippen LogP contribution is -2.46. The van der Waals surface area contributed by atoms with Crippen LogP contribution in [0.1, 0.15) is 43.9 Å². The maximum atomic E-state index is 13.4. The summed E-state index contributed by atoms with van der Waals surface area (Å²) in [4.78, 5) is 2.57. The summed E-state index contributed by atoms with van der Waals surface area (Å²) in [6.07, 6.45) is 2.41. The van der Waals surface area contributed by atoms with Gasteiger partial charge >= 0.3 is 0 Å². The Hall–Kier alpha value is -0.930. The highest BCUT2D eigenvalue weighted by Crippen LogP contribution is 2.33. The van der Waals surface area contributed by atoms with Crippen LogP contribution in [-0.2, 0) is 0 Å². The molecule has 1 heterocycles. The lowest BCUT2D eigenvalue weighted by Gasteiger charge is -2.39. The smallest absolute Gasteiger partial charge is 0.123 e. The Morgan fingerprint density at radius 3 is 2.60 bits per heavy atom. The van der Waals surface area contributed by atoms with Gasteiger partial charge in [-0.15, -0.1) is 0 Å². The van der Waals surface area contributed by atoms with Gasteiger partial charge in [-0.25, -0.2) is 4.39 Å². The highest BCUT2D eigenvalue weighted by Gasteiger charge is 2.27. The third kappa shape index (κ3) is 3.58. The molecule has 0 spiro atoms. The molecular formula is C17H27FN2. The number of aryl methyl sites for hydroxylation is 1. The van der Waals surface area contributed by atoms with Crippen LogP contribution in [0, 0.1) is 18.7 Å². The predicted molar refractivity (Wildman–Crippen MR) is 82.4 cm³/mol. The van der Waals surface area contributed by atoms with E-state index in [0.717, 1.165) is 31.7 Å². The summed E-state index contributed by atoms with van der Waals surface area (Å²) in [5.74, 6) is 0.468. The van der Waals surface area contributed by atoms with Gasteiger partial charge in [-0.3, -0.25) is 4.90 Å². The topological polar surface area (TPSA) is 15.3 Å².